The van der Waals surface area contributed by atoms with Crippen LogP contribution < -0.4 is 10.6 Å². The summed E-state index contributed by atoms with van der Waals surface area (Å²) in [4.78, 5) is 28.2. The minimum atomic E-state index is -0.624. The van der Waals surface area contributed by atoms with Crippen molar-refractivity contribution in [2.75, 3.05) is 31.2 Å². The van der Waals surface area contributed by atoms with Crippen molar-refractivity contribution in [2.45, 2.75) is 36.6 Å². The fraction of sp³-hybridized carbons (Fsp3) is 0.429. The lowest BCUT2D eigenvalue weighted by atomic mass is 10.1. The Hall–Kier alpha value is -1.83. The number of likely N-dealkylation sites (tertiary alicyclic amines) is 1. The molecule has 2 N–H and O–H groups in total. The molecule has 3 rings (SSSR count). The van der Waals surface area contributed by atoms with Crippen LogP contribution in [0.25, 0.3) is 0 Å². The SMILES string of the molecule is CSc1ccccc1NC(=O)C(=O)NCC(c1ccsc1)N1CCCCCC1. The highest BCUT2D eigenvalue weighted by Crippen LogP contribution is 2.26. The zero-order chi connectivity index (χ0) is 19.8. The lowest BCUT2D eigenvalue weighted by molar-refractivity contribution is -0.136. The van der Waals surface area contributed by atoms with E-state index in [1.807, 2.05) is 30.5 Å². The zero-order valence-electron chi connectivity index (χ0n) is 16.1. The number of thioether (sulfide) groups is 1. The summed E-state index contributed by atoms with van der Waals surface area (Å²) in [6, 6.07) is 9.71. The third-order valence-corrected chi connectivity index (χ3v) is 6.52. The van der Waals surface area contributed by atoms with E-state index in [1.54, 1.807) is 11.3 Å². The Labute approximate surface area is 174 Å². The summed E-state index contributed by atoms with van der Waals surface area (Å²) in [5.41, 5.74) is 1.87. The summed E-state index contributed by atoms with van der Waals surface area (Å²) in [6.07, 6.45) is 6.83. The molecule has 1 atom stereocenters. The van der Waals surface area contributed by atoms with Crippen molar-refractivity contribution in [3.8, 4) is 0 Å². The summed E-state index contributed by atoms with van der Waals surface area (Å²) >= 11 is 3.20. The first-order valence-electron chi connectivity index (χ1n) is 9.67. The zero-order valence-corrected chi connectivity index (χ0v) is 17.8. The van der Waals surface area contributed by atoms with Crippen LogP contribution in [0.2, 0.25) is 0 Å². The van der Waals surface area contributed by atoms with Crippen molar-refractivity contribution in [1.29, 1.82) is 0 Å². The molecule has 5 nitrogen and oxygen atoms in total. The highest BCUT2D eigenvalue weighted by atomic mass is 32.2. The molecule has 0 spiro atoms. The molecule has 28 heavy (non-hydrogen) atoms. The van der Waals surface area contributed by atoms with Crippen LogP contribution in [0.4, 0.5) is 5.69 Å². The number of hydrogen-bond acceptors (Lipinski definition) is 5. The Morgan fingerprint density at radius 1 is 1.11 bits per heavy atom. The molecule has 1 unspecified atom stereocenters. The van der Waals surface area contributed by atoms with E-state index >= 15 is 0 Å². The van der Waals surface area contributed by atoms with Gasteiger partial charge in [0.15, 0.2) is 0 Å². The van der Waals surface area contributed by atoms with E-state index in [0.29, 0.717) is 12.2 Å². The van der Waals surface area contributed by atoms with E-state index in [9.17, 15) is 9.59 Å². The van der Waals surface area contributed by atoms with Crippen LogP contribution in [0.1, 0.15) is 37.3 Å². The summed E-state index contributed by atoms with van der Waals surface area (Å²) in [6.45, 7) is 2.50. The first kappa shape index (κ1) is 20.9. The van der Waals surface area contributed by atoms with Gasteiger partial charge in [-0.2, -0.15) is 11.3 Å². The molecule has 1 fully saturated rings. The smallest absolute Gasteiger partial charge is 0.313 e. The maximum absolute atomic E-state index is 12.4. The predicted molar refractivity (Wildman–Crippen MR) is 117 cm³/mol. The molecule has 1 aromatic carbocycles. The molecule has 150 valence electrons. The van der Waals surface area contributed by atoms with Crippen molar-refractivity contribution >= 4 is 40.6 Å². The van der Waals surface area contributed by atoms with Crippen molar-refractivity contribution in [3.63, 3.8) is 0 Å². The van der Waals surface area contributed by atoms with Crippen LogP contribution >= 0.6 is 23.1 Å². The van der Waals surface area contributed by atoms with Gasteiger partial charge in [-0.3, -0.25) is 14.5 Å². The lowest BCUT2D eigenvalue weighted by Gasteiger charge is -2.30. The number of anilines is 1. The fourth-order valence-corrected chi connectivity index (χ4v) is 4.79. The van der Waals surface area contributed by atoms with Crippen LogP contribution in [0.15, 0.2) is 46.0 Å². The van der Waals surface area contributed by atoms with Crippen LogP contribution in [0, 0.1) is 0 Å². The summed E-state index contributed by atoms with van der Waals surface area (Å²) < 4.78 is 0. The molecule has 0 saturated carbocycles. The lowest BCUT2D eigenvalue weighted by Crippen LogP contribution is -2.42. The molecular formula is C21H27N3O2S2. The topological polar surface area (TPSA) is 61.4 Å². The Kier molecular flexibility index (Phi) is 7.94. The summed E-state index contributed by atoms with van der Waals surface area (Å²) in [7, 11) is 0. The molecule has 2 heterocycles. The Bertz CT molecular complexity index is 772. The highest BCUT2D eigenvalue weighted by molar-refractivity contribution is 7.98. The van der Waals surface area contributed by atoms with E-state index in [-0.39, 0.29) is 6.04 Å². The molecule has 7 heteroatoms. The maximum atomic E-state index is 12.4. The van der Waals surface area contributed by atoms with Gasteiger partial charge in [-0.1, -0.05) is 25.0 Å². The quantitative estimate of drug-likeness (QED) is 0.548. The Morgan fingerprint density at radius 3 is 2.54 bits per heavy atom. The molecule has 2 aromatic rings. The second-order valence-electron chi connectivity index (χ2n) is 6.89. The van der Waals surface area contributed by atoms with E-state index in [0.717, 1.165) is 18.0 Å². The molecule has 1 aromatic heterocycles. The van der Waals surface area contributed by atoms with E-state index in [4.69, 9.17) is 0 Å². The first-order valence-corrected chi connectivity index (χ1v) is 11.8. The number of nitrogens with one attached hydrogen (secondary N) is 2. The number of nitrogens with zero attached hydrogens (tertiary/aromatic N) is 1. The molecule has 0 aliphatic carbocycles. The number of rotatable bonds is 6. The molecule has 1 aliphatic heterocycles. The van der Waals surface area contributed by atoms with Gasteiger partial charge in [0.1, 0.15) is 0 Å². The van der Waals surface area contributed by atoms with E-state index in [1.165, 1.54) is 43.0 Å². The minimum absolute atomic E-state index is 0.111. The highest BCUT2D eigenvalue weighted by Gasteiger charge is 2.24. The van der Waals surface area contributed by atoms with Crippen LogP contribution in [0.5, 0.6) is 0 Å². The fourth-order valence-electron chi connectivity index (χ4n) is 3.53. The summed E-state index contributed by atoms with van der Waals surface area (Å²) in [5.74, 6) is -1.22. The summed E-state index contributed by atoms with van der Waals surface area (Å²) in [5, 5.41) is 9.78. The number of thiophene rings is 1. The average Bonchev–Trinajstić information content (AvgIpc) is 3.11. The second-order valence-corrected chi connectivity index (χ2v) is 8.52. The van der Waals surface area contributed by atoms with Crippen LogP contribution in [-0.2, 0) is 9.59 Å². The van der Waals surface area contributed by atoms with Gasteiger partial charge in [-0.05, 0) is 66.7 Å². The van der Waals surface area contributed by atoms with Gasteiger partial charge in [-0.15, -0.1) is 11.8 Å². The van der Waals surface area contributed by atoms with Crippen LogP contribution in [-0.4, -0.2) is 42.6 Å². The van der Waals surface area contributed by atoms with Gasteiger partial charge in [0.25, 0.3) is 0 Å². The third kappa shape index (κ3) is 5.59. The van der Waals surface area contributed by atoms with Gasteiger partial charge in [0.2, 0.25) is 0 Å². The van der Waals surface area contributed by atoms with Gasteiger partial charge in [-0.25, -0.2) is 0 Å². The van der Waals surface area contributed by atoms with Crippen molar-refractivity contribution in [1.82, 2.24) is 10.2 Å². The predicted octanol–water partition coefficient (Wildman–Crippen LogP) is 4.14. The second kappa shape index (κ2) is 10.6. The molecule has 0 radical (unpaired) electrons. The maximum Gasteiger partial charge on any atom is 0.313 e. The van der Waals surface area contributed by atoms with Crippen LogP contribution in [0.3, 0.4) is 0 Å². The van der Waals surface area contributed by atoms with Gasteiger partial charge < -0.3 is 10.6 Å². The molecule has 1 aliphatic rings. The molecular weight excluding hydrogens is 390 g/mol. The minimum Gasteiger partial charge on any atom is -0.346 e. The van der Waals surface area contributed by atoms with E-state index < -0.39 is 11.8 Å². The third-order valence-electron chi connectivity index (χ3n) is 5.03. The number of carbonyl (C=O) groups excluding carboxylic acids is 2. The van der Waals surface area contributed by atoms with Gasteiger partial charge in [0, 0.05) is 11.4 Å². The molecule has 2 amide bonds. The van der Waals surface area contributed by atoms with Crippen molar-refractivity contribution in [3.05, 3.63) is 46.7 Å². The van der Waals surface area contributed by atoms with Crippen molar-refractivity contribution in [2.24, 2.45) is 0 Å². The Balaban J connectivity index is 1.62. The molecule has 0 bridgehead atoms. The first-order chi connectivity index (χ1) is 13.7. The monoisotopic (exact) mass is 417 g/mol. The number of amides is 2. The largest absolute Gasteiger partial charge is 0.346 e. The molecule has 1 saturated heterocycles. The van der Waals surface area contributed by atoms with Gasteiger partial charge in [0.05, 0.1) is 11.7 Å². The number of carbonyl (C=O) groups is 2. The van der Waals surface area contributed by atoms with Gasteiger partial charge >= 0.3 is 11.8 Å². The number of para-hydroxylation sites is 1. The van der Waals surface area contributed by atoms with Crippen molar-refractivity contribution < 1.29 is 9.59 Å². The average molecular weight is 418 g/mol. The number of benzene rings is 1. The number of hydrogen-bond donors (Lipinski definition) is 2. The van der Waals surface area contributed by atoms with E-state index in [2.05, 4.69) is 32.4 Å². The standard InChI is InChI=1S/C21H27N3O2S2/c1-27-19-9-5-4-8-17(19)23-21(26)20(25)22-14-18(16-10-13-28-15-16)24-11-6-2-3-7-12-24/h4-5,8-10,13,15,18H,2-3,6-7,11-12,14H2,1H3,(H,22,25)(H,23,26). The Morgan fingerprint density at radius 2 is 1.86 bits per heavy atom. The normalized spacial score (nSPS) is 16.2.